The van der Waals surface area contributed by atoms with Crippen LogP contribution in [-0.2, 0) is 6.42 Å². The highest BCUT2D eigenvalue weighted by Gasteiger charge is 2.38. The van der Waals surface area contributed by atoms with E-state index in [0.717, 1.165) is 6.42 Å². The molecule has 0 bridgehead atoms. The third-order valence-corrected chi connectivity index (χ3v) is 3.87. The molecule has 1 heterocycles. The Kier molecular flexibility index (Phi) is 1.51. The van der Waals surface area contributed by atoms with Gasteiger partial charge in [-0.1, -0.05) is 42.5 Å². The molecular formula is C15H13N. The van der Waals surface area contributed by atoms with E-state index in [-0.39, 0.29) is 0 Å². The van der Waals surface area contributed by atoms with Gasteiger partial charge in [-0.05, 0) is 29.2 Å². The van der Waals surface area contributed by atoms with E-state index in [9.17, 15) is 0 Å². The lowest BCUT2D eigenvalue weighted by atomic mass is 9.93. The number of para-hydroxylation sites is 1. The Morgan fingerprint density at radius 3 is 2.56 bits per heavy atom. The van der Waals surface area contributed by atoms with Crippen LogP contribution in [-0.4, -0.2) is 6.04 Å². The fraction of sp³-hybridized carbons (Fsp3) is 0.200. The summed E-state index contributed by atoms with van der Waals surface area (Å²) in [6.45, 7) is 0. The third kappa shape index (κ3) is 0.955. The van der Waals surface area contributed by atoms with Crippen molar-refractivity contribution in [2.24, 2.45) is 0 Å². The van der Waals surface area contributed by atoms with Gasteiger partial charge in [0.2, 0.25) is 0 Å². The highest BCUT2D eigenvalue weighted by molar-refractivity contribution is 5.65. The first-order valence-corrected chi connectivity index (χ1v) is 5.87. The number of fused-ring (bicyclic) bond motifs is 5. The van der Waals surface area contributed by atoms with E-state index >= 15 is 0 Å². The molecule has 0 saturated carbocycles. The van der Waals surface area contributed by atoms with Crippen molar-refractivity contribution in [3.8, 4) is 0 Å². The van der Waals surface area contributed by atoms with Gasteiger partial charge in [-0.15, -0.1) is 0 Å². The van der Waals surface area contributed by atoms with Gasteiger partial charge < -0.3 is 5.32 Å². The zero-order valence-electron chi connectivity index (χ0n) is 8.98. The Morgan fingerprint density at radius 1 is 0.875 bits per heavy atom. The summed E-state index contributed by atoms with van der Waals surface area (Å²) in [7, 11) is 0. The number of nitrogens with one attached hydrogen (secondary N) is 1. The number of hydrogen-bond donors (Lipinski definition) is 1. The van der Waals surface area contributed by atoms with Gasteiger partial charge in [-0.25, -0.2) is 0 Å². The molecule has 0 amide bonds. The maximum atomic E-state index is 3.64. The molecule has 2 aromatic rings. The van der Waals surface area contributed by atoms with Gasteiger partial charge in [-0.2, -0.15) is 0 Å². The normalized spacial score (nSPS) is 24.5. The van der Waals surface area contributed by atoms with Gasteiger partial charge >= 0.3 is 0 Å². The van der Waals surface area contributed by atoms with E-state index in [2.05, 4.69) is 53.8 Å². The highest BCUT2D eigenvalue weighted by Crippen LogP contribution is 2.46. The molecule has 0 saturated heterocycles. The summed E-state index contributed by atoms with van der Waals surface area (Å²) in [5.41, 5.74) is 5.83. The predicted molar refractivity (Wildman–Crippen MR) is 65.8 cm³/mol. The van der Waals surface area contributed by atoms with Crippen LogP contribution in [0.2, 0.25) is 0 Å². The van der Waals surface area contributed by atoms with Crippen molar-refractivity contribution in [1.29, 1.82) is 0 Å². The maximum Gasteiger partial charge on any atom is 0.0411 e. The average Bonchev–Trinajstić information content (AvgIpc) is 2.83. The first-order chi connectivity index (χ1) is 7.93. The van der Waals surface area contributed by atoms with Crippen molar-refractivity contribution in [2.45, 2.75) is 18.4 Å². The second-order valence-corrected chi connectivity index (χ2v) is 4.72. The van der Waals surface area contributed by atoms with Crippen molar-refractivity contribution in [1.82, 2.24) is 0 Å². The van der Waals surface area contributed by atoms with Crippen LogP contribution >= 0.6 is 0 Å². The molecule has 2 unspecified atom stereocenters. The van der Waals surface area contributed by atoms with E-state index in [1.807, 2.05) is 0 Å². The van der Waals surface area contributed by atoms with Crippen LogP contribution in [0.1, 0.15) is 22.6 Å². The van der Waals surface area contributed by atoms with Crippen LogP contribution in [0, 0.1) is 0 Å². The summed E-state index contributed by atoms with van der Waals surface area (Å²) in [6.07, 6.45) is 1.16. The first kappa shape index (κ1) is 8.40. The number of benzene rings is 2. The van der Waals surface area contributed by atoms with E-state index < -0.39 is 0 Å². The zero-order valence-corrected chi connectivity index (χ0v) is 8.98. The van der Waals surface area contributed by atoms with E-state index in [1.54, 1.807) is 0 Å². The van der Waals surface area contributed by atoms with Crippen LogP contribution in [0.5, 0.6) is 0 Å². The largest absolute Gasteiger partial charge is 0.381 e. The molecule has 16 heavy (non-hydrogen) atoms. The molecule has 2 aromatic carbocycles. The molecular weight excluding hydrogens is 194 g/mol. The van der Waals surface area contributed by atoms with Gasteiger partial charge in [-0.3, -0.25) is 0 Å². The Hall–Kier alpha value is -1.76. The molecule has 1 aliphatic heterocycles. The molecule has 0 fully saturated rings. The lowest BCUT2D eigenvalue weighted by Gasteiger charge is -2.10. The average molecular weight is 207 g/mol. The molecule has 2 aliphatic rings. The number of anilines is 1. The molecule has 1 heteroatoms. The van der Waals surface area contributed by atoms with Crippen LogP contribution in [0.25, 0.3) is 0 Å². The molecule has 1 aliphatic carbocycles. The van der Waals surface area contributed by atoms with E-state index in [1.165, 1.54) is 22.4 Å². The summed E-state index contributed by atoms with van der Waals surface area (Å²) in [5, 5.41) is 3.64. The van der Waals surface area contributed by atoms with Crippen LogP contribution < -0.4 is 5.32 Å². The minimum atomic E-state index is 0.576. The molecule has 1 nitrogen and oxygen atoms in total. The summed E-state index contributed by atoms with van der Waals surface area (Å²) in [6, 6.07) is 18.1. The molecule has 0 aromatic heterocycles. The van der Waals surface area contributed by atoms with Crippen LogP contribution in [0.4, 0.5) is 5.69 Å². The smallest absolute Gasteiger partial charge is 0.0411 e. The van der Waals surface area contributed by atoms with Gasteiger partial charge in [0, 0.05) is 17.6 Å². The Bertz CT molecular complexity index is 509. The Morgan fingerprint density at radius 2 is 1.62 bits per heavy atom. The van der Waals surface area contributed by atoms with Crippen molar-refractivity contribution in [3.63, 3.8) is 0 Å². The Balaban J connectivity index is 1.93. The lowest BCUT2D eigenvalue weighted by Crippen LogP contribution is -2.16. The quantitative estimate of drug-likeness (QED) is 0.699. The molecule has 4 rings (SSSR count). The molecule has 2 atom stereocenters. The molecule has 0 spiro atoms. The Labute approximate surface area is 95.1 Å². The fourth-order valence-electron chi connectivity index (χ4n) is 3.21. The van der Waals surface area contributed by atoms with Crippen LogP contribution in [0.3, 0.4) is 0 Å². The van der Waals surface area contributed by atoms with Crippen LogP contribution in [0.15, 0.2) is 48.5 Å². The van der Waals surface area contributed by atoms with Crippen molar-refractivity contribution >= 4 is 5.69 Å². The fourth-order valence-corrected chi connectivity index (χ4v) is 3.21. The lowest BCUT2D eigenvalue weighted by molar-refractivity contribution is 0.727. The molecule has 78 valence electrons. The molecule has 0 radical (unpaired) electrons. The number of rotatable bonds is 0. The first-order valence-electron chi connectivity index (χ1n) is 5.87. The topological polar surface area (TPSA) is 12.0 Å². The van der Waals surface area contributed by atoms with Crippen molar-refractivity contribution < 1.29 is 0 Å². The minimum Gasteiger partial charge on any atom is -0.381 e. The summed E-state index contributed by atoms with van der Waals surface area (Å²) in [5.74, 6) is 0.576. The predicted octanol–water partition coefficient (Wildman–Crippen LogP) is 3.17. The zero-order chi connectivity index (χ0) is 10.5. The summed E-state index contributed by atoms with van der Waals surface area (Å²) < 4.78 is 0. The molecule has 1 N–H and O–H groups in total. The van der Waals surface area contributed by atoms with Crippen molar-refractivity contribution in [3.05, 3.63) is 65.2 Å². The summed E-state index contributed by atoms with van der Waals surface area (Å²) in [4.78, 5) is 0. The van der Waals surface area contributed by atoms with E-state index in [0.29, 0.717) is 12.0 Å². The van der Waals surface area contributed by atoms with Gasteiger partial charge in [0.15, 0.2) is 0 Å². The van der Waals surface area contributed by atoms with Gasteiger partial charge in [0.25, 0.3) is 0 Å². The van der Waals surface area contributed by atoms with Gasteiger partial charge in [0.05, 0.1) is 0 Å². The monoisotopic (exact) mass is 207 g/mol. The number of hydrogen-bond acceptors (Lipinski definition) is 1. The second-order valence-electron chi connectivity index (χ2n) is 4.72. The highest BCUT2D eigenvalue weighted by atomic mass is 15.0. The standard InChI is InChI=1S/C15H13N/c1-2-6-11-10(5-1)9-14-15(11)12-7-3-4-8-13(12)16-14/h1-8,14-16H,9H2. The minimum absolute atomic E-state index is 0.576. The van der Waals surface area contributed by atoms with E-state index in [4.69, 9.17) is 0 Å². The maximum absolute atomic E-state index is 3.64. The van der Waals surface area contributed by atoms with Crippen molar-refractivity contribution in [2.75, 3.05) is 5.32 Å². The SMILES string of the molecule is c1ccc2c(c1)CC1Nc3ccccc3C21. The summed E-state index contributed by atoms with van der Waals surface area (Å²) >= 11 is 0. The second kappa shape index (κ2) is 2.88. The third-order valence-electron chi connectivity index (χ3n) is 3.87. The van der Waals surface area contributed by atoms with Gasteiger partial charge in [0.1, 0.15) is 0 Å².